The summed E-state index contributed by atoms with van der Waals surface area (Å²) in [6.07, 6.45) is 17.6. The highest BCUT2D eigenvalue weighted by atomic mass is 28.4. The van der Waals surface area contributed by atoms with Crippen molar-refractivity contribution < 1.29 is 13.3 Å². The minimum Gasteiger partial charge on any atom is -0.367 e. The maximum Gasteiger partial charge on any atom is 0.530 e. The van der Waals surface area contributed by atoms with Crippen LogP contribution in [0.5, 0.6) is 0 Å². The molecule has 1 aromatic carbocycles. The van der Waals surface area contributed by atoms with Crippen LogP contribution in [0, 0.1) is 0 Å². The summed E-state index contributed by atoms with van der Waals surface area (Å²) in [5.74, 6) is 0. The van der Waals surface area contributed by atoms with E-state index in [1.165, 1.54) is 44.1 Å². The van der Waals surface area contributed by atoms with Crippen LogP contribution in [0.3, 0.4) is 0 Å². The van der Waals surface area contributed by atoms with Crippen LogP contribution in [0.15, 0.2) is 36.0 Å². The Morgan fingerprint density at radius 3 is 1.44 bits per heavy atom. The maximum absolute atomic E-state index is 6.75. The van der Waals surface area contributed by atoms with Gasteiger partial charge in [-0.05, 0) is 49.8 Å². The number of hydrogen-bond donors (Lipinski definition) is 0. The van der Waals surface area contributed by atoms with E-state index in [1.54, 1.807) is 0 Å². The van der Waals surface area contributed by atoms with E-state index in [4.69, 9.17) is 13.3 Å². The lowest BCUT2D eigenvalue weighted by Crippen LogP contribution is -2.50. The predicted molar refractivity (Wildman–Crippen MR) is 111 cm³/mol. The number of benzene rings is 1. The molecule has 0 unspecified atom stereocenters. The molecule has 3 aliphatic carbocycles. The van der Waals surface area contributed by atoms with Gasteiger partial charge >= 0.3 is 8.80 Å². The van der Waals surface area contributed by atoms with Crippen molar-refractivity contribution in [3.8, 4) is 0 Å². The van der Waals surface area contributed by atoms with Crippen LogP contribution >= 0.6 is 0 Å². The Labute approximate surface area is 165 Å². The van der Waals surface area contributed by atoms with Gasteiger partial charge in [-0.2, -0.15) is 0 Å². The molecule has 0 heterocycles. The van der Waals surface area contributed by atoms with E-state index in [1.807, 2.05) is 0 Å². The molecule has 0 atom stereocenters. The normalized spacial score (nSPS) is 23.1. The second-order valence-electron chi connectivity index (χ2n) is 8.42. The molecule has 3 saturated carbocycles. The molecule has 4 rings (SSSR count). The van der Waals surface area contributed by atoms with Gasteiger partial charge in [-0.15, -0.1) is 0 Å². The first kappa shape index (κ1) is 19.4. The highest BCUT2D eigenvalue weighted by Crippen LogP contribution is 2.34. The van der Waals surface area contributed by atoms with E-state index in [-0.39, 0.29) is 0 Å². The van der Waals surface area contributed by atoms with Gasteiger partial charge in [0.25, 0.3) is 0 Å². The molecule has 3 fully saturated rings. The lowest BCUT2D eigenvalue weighted by atomic mass is 10.2. The molecule has 0 amide bonds. The molecule has 1 aromatic rings. The van der Waals surface area contributed by atoms with Crippen LogP contribution in [0.2, 0.25) is 0 Å². The van der Waals surface area contributed by atoms with E-state index >= 15 is 0 Å². The fourth-order valence-corrected chi connectivity index (χ4v) is 7.58. The van der Waals surface area contributed by atoms with Crippen LogP contribution < -0.4 is 0 Å². The van der Waals surface area contributed by atoms with Crippen LogP contribution in [-0.2, 0) is 13.3 Å². The molecule has 27 heavy (non-hydrogen) atoms. The summed E-state index contributed by atoms with van der Waals surface area (Å²) in [5.41, 5.74) is 3.38. The van der Waals surface area contributed by atoms with E-state index < -0.39 is 8.80 Å². The van der Waals surface area contributed by atoms with Crippen molar-refractivity contribution in [3.05, 3.63) is 41.6 Å². The molecule has 0 radical (unpaired) electrons. The third-order valence-electron chi connectivity index (χ3n) is 6.18. The van der Waals surface area contributed by atoms with Crippen LogP contribution in [0.25, 0.3) is 6.08 Å². The van der Waals surface area contributed by atoms with Gasteiger partial charge in [0.1, 0.15) is 0 Å². The molecule has 0 N–H and O–H groups in total. The molecule has 0 aromatic heterocycles. The lowest BCUT2D eigenvalue weighted by molar-refractivity contribution is -0.00563. The Morgan fingerprint density at radius 1 is 0.630 bits per heavy atom. The summed E-state index contributed by atoms with van der Waals surface area (Å²) in [6.45, 7) is 0. The molecule has 0 bridgehead atoms. The van der Waals surface area contributed by atoms with Crippen LogP contribution in [0.4, 0.5) is 0 Å². The molecule has 0 aliphatic heterocycles. The SMILES string of the molecule is C(=C[Si](OC1CCCC1)(OC1CCCC1)OC1CCCC1)c1ccccc1. The fourth-order valence-electron chi connectivity index (χ4n) is 4.68. The molecule has 4 heteroatoms. The molecular formula is C23H34O3Si. The predicted octanol–water partition coefficient (Wildman–Crippen LogP) is 6.06. The Morgan fingerprint density at radius 2 is 1.04 bits per heavy atom. The van der Waals surface area contributed by atoms with Crippen LogP contribution in [0.1, 0.15) is 82.6 Å². The summed E-state index contributed by atoms with van der Waals surface area (Å²) in [6, 6.07) is 10.5. The summed E-state index contributed by atoms with van der Waals surface area (Å²) < 4.78 is 20.3. The van der Waals surface area contributed by atoms with Crippen molar-refractivity contribution in [2.24, 2.45) is 0 Å². The standard InChI is InChI=1S/C23H34O3Si/c1-2-10-20(11-3-1)18-19-27(24-21-12-4-5-13-21,25-22-14-6-7-15-22)26-23-16-8-9-17-23/h1-3,10-11,18-19,21-23H,4-9,12-17H2. The molecule has 3 nitrogen and oxygen atoms in total. The first-order valence-corrected chi connectivity index (χ1v) is 12.9. The quantitative estimate of drug-likeness (QED) is 0.509. The van der Waals surface area contributed by atoms with Gasteiger partial charge in [0.2, 0.25) is 0 Å². The second-order valence-corrected chi connectivity index (χ2v) is 10.7. The second kappa shape index (κ2) is 9.51. The smallest absolute Gasteiger partial charge is 0.367 e. The molecule has 0 spiro atoms. The van der Waals surface area contributed by atoms with E-state index in [2.05, 4.69) is 42.1 Å². The Kier molecular flexibility index (Phi) is 6.82. The summed E-state index contributed by atoms with van der Waals surface area (Å²) >= 11 is 0. The zero-order valence-electron chi connectivity index (χ0n) is 16.5. The van der Waals surface area contributed by atoms with Gasteiger partial charge in [0.15, 0.2) is 0 Å². The first-order chi connectivity index (χ1) is 13.3. The van der Waals surface area contributed by atoms with Crippen molar-refractivity contribution in [3.63, 3.8) is 0 Å². The number of hydrogen-bond acceptors (Lipinski definition) is 3. The first-order valence-electron chi connectivity index (χ1n) is 11.1. The van der Waals surface area contributed by atoms with Crippen molar-refractivity contribution in [2.75, 3.05) is 0 Å². The van der Waals surface area contributed by atoms with Crippen LogP contribution in [-0.4, -0.2) is 27.1 Å². The largest absolute Gasteiger partial charge is 0.530 e. The highest BCUT2D eigenvalue weighted by molar-refractivity contribution is 6.67. The van der Waals surface area contributed by atoms with E-state index in [0.717, 1.165) is 38.5 Å². The lowest BCUT2D eigenvalue weighted by Gasteiger charge is -2.34. The van der Waals surface area contributed by atoms with Gasteiger partial charge in [0.05, 0.1) is 0 Å². The Balaban J connectivity index is 1.58. The Hall–Kier alpha value is -0.943. The van der Waals surface area contributed by atoms with Gasteiger partial charge < -0.3 is 13.3 Å². The maximum atomic E-state index is 6.75. The van der Waals surface area contributed by atoms with Crippen molar-refractivity contribution in [1.29, 1.82) is 0 Å². The van der Waals surface area contributed by atoms with Gasteiger partial charge in [0, 0.05) is 18.3 Å². The molecule has 0 saturated heterocycles. The number of rotatable bonds is 8. The fraction of sp³-hybridized carbons (Fsp3) is 0.652. The Bertz CT molecular complexity index is 539. The minimum absolute atomic E-state index is 0.305. The van der Waals surface area contributed by atoms with Gasteiger partial charge in [-0.3, -0.25) is 0 Å². The summed E-state index contributed by atoms with van der Waals surface area (Å²) in [4.78, 5) is 0. The van der Waals surface area contributed by atoms with Crippen molar-refractivity contribution in [2.45, 2.75) is 95.4 Å². The summed E-state index contributed by atoms with van der Waals surface area (Å²) in [7, 11) is -2.85. The molecule has 3 aliphatic rings. The van der Waals surface area contributed by atoms with E-state index in [9.17, 15) is 0 Å². The average molecular weight is 387 g/mol. The van der Waals surface area contributed by atoms with E-state index in [0.29, 0.717) is 18.3 Å². The zero-order valence-corrected chi connectivity index (χ0v) is 17.5. The topological polar surface area (TPSA) is 27.7 Å². The molecular weight excluding hydrogens is 352 g/mol. The zero-order chi connectivity index (χ0) is 18.4. The monoisotopic (exact) mass is 386 g/mol. The minimum atomic E-state index is -2.85. The average Bonchev–Trinajstić information content (AvgIpc) is 3.45. The van der Waals surface area contributed by atoms with Crippen molar-refractivity contribution in [1.82, 2.24) is 0 Å². The highest BCUT2D eigenvalue weighted by Gasteiger charge is 2.46. The molecule has 148 valence electrons. The summed E-state index contributed by atoms with van der Waals surface area (Å²) in [5, 5.41) is 0. The third-order valence-corrected chi connectivity index (χ3v) is 8.74. The third kappa shape index (κ3) is 5.54. The van der Waals surface area contributed by atoms with Gasteiger partial charge in [-0.1, -0.05) is 74.9 Å². The van der Waals surface area contributed by atoms with Gasteiger partial charge in [-0.25, -0.2) is 0 Å². The van der Waals surface area contributed by atoms with Crippen molar-refractivity contribution >= 4 is 14.9 Å².